The van der Waals surface area contributed by atoms with Crippen molar-refractivity contribution in [1.82, 2.24) is 0 Å². The Morgan fingerprint density at radius 3 is 2.78 bits per heavy atom. The molecule has 1 heterocycles. The highest BCUT2D eigenvalue weighted by atomic mass is 16.5. The first-order valence-corrected chi connectivity index (χ1v) is 8.57. The maximum absolute atomic E-state index is 12.3. The number of carbonyl (C=O) groups is 2. The first kappa shape index (κ1) is 18.5. The van der Waals surface area contributed by atoms with Crippen molar-refractivity contribution in [2.45, 2.75) is 26.4 Å². The molecule has 1 amide bonds. The molecule has 27 heavy (non-hydrogen) atoms. The summed E-state index contributed by atoms with van der Waals surface area (Å²) in [6, 6.07) is 12.7. The fourth-order valence-corrected chi connectivity index (χ4v) is 2.72. The summed E-state index contributed by atoms with van der Waals surface area (Å²) < 4.78 is 15.9. The van der Waals surface area contributed by atoms with Crippen molar-refractivity contribution in [1.29, 1.82) is 0 Å². The lowest BCUT2D eigenvalue weighted by atomic mass is 10.1. The lowest BCUT2D eigenvalue weighted by Crippen LogP contribution is -2.30. The quantitative estimate of drug-likeness (QED) is 0.669. The lowest BCUT2D eigenvalue weighted by molar-refractivity contribution is -0.152. The number of methoxy groups -OCH3 is 1. The number of amides is 1. The summed E-state index contributed by atoms with van der Waals surface area (Å²) >= 11 is 0. The third-order valence-corrected chi connectivity index (χ3v) is 4.16. The van der Waals surface area contributed by atoms with Crippen molar-refractivity contribution in [3.05, 3.63) is 59.9 Å². The van der Waals surface area contributed by atoms with Gasteiger partial charge < -0.3 is 19.2 Å². The van der Waals surface area contributed by atoms with Crippen molar-refractivity contribution in [3.63, 3.8) is 0 Å². The molecular weight excluding hydrogens is 346 g/mol. The van der Waals surface area contributed by atoms with E-state index in [2.05, 4.69) is 5.32 Å². The van der Waals surface area contributed by atoms with Gasteiger partial charge in [0.15, 0.2) is 6.10 Å². The first-order valence-electron chi connectivity index (χ1n) is 8.57. The number of ether oxygens (including phenoxy) is 2. The van der Waals surface area contributed by atoms with Gasteiger partial charge in [0.2, 0.25) is 0 Å². The zero-order chi connectivity index (χ0) is 19.4. The van der Waals surface area contributed by atoms with E-state index >= 15 is 0 Å². The van der Waals surface area contributed by atoms with Gasteiger partial charge in [-0.15, -0.1) is 0 Å². The highest BCUT2D eigenvalue weighted by Crippen LogP contribution is 2.23. The van der Waals surface area contributed by atoms with E-state index in [9.17, 15) is 9.59 Å². The van der Waals surface area contributed by atoms with Gasteiger partial charge in [0.1, 0.15) is 11.3 Å². The summed E-state index contributed by atoms with van der Waals surface area (Å²) in [7, 11) is 1.55. The molecule has 0 radical (unpaired) electrons. The van der Waals surface area contributed by atoms with E-state index in [1.807, 2.05) is 25.1 Å². The number of furan rings is 1. The lowest BCUT2D eigenvalue weighted by Gasteiger charge is -2.14. The molecule has 0 aliphatic rings. The van der Waals surface area contributed by atoms with Crippen LogP contribution in [0.1, 0.15) is 18.1 Å². The van der Waals surface area contributed by atoms with Gasteiger partial charge in [-0.2, -0.15) is 0 Å². The van der Waals surface area contributed by atoms with Gasteiger partial charge in [0.25, 0.3) is 5.91 Å². The normalized spacial score (nSPS) is 11.8. The number of benzene rings is 2. The molecule has 0 aliphatic carbocycles. The molecule has 1 aromatic heterocycles. The van der Waals surface area contributed by atoms with Gasteiger partial charge in [-0.05, 0) is 37.6 Å². The third kappa shape index (κ3) is 4.47. The highest BCUT2D eigenvalue weighted by molar-refractivity contribution is 5.95. The van der Waals surface area contributed by atoms with E-state index < -0.39 is 18.0 Å². The molecule has 0 unspecified atom stereocenters. The van der Waals surface area contributed by atoms with Crippen molar-refractivity contribution in [2.24, 2.45) is 0 Å². The van der Waals surface area contributed by atoms with Crippen LogP contribution in [-0.2, 0) is 20.7 Å². The summed E-state index contributed by atoms with van der Waals surface area (Å²) in [6.45, 7) is 3.50. The second-order valence-corrected chi connectivity index (χ2v) is 6.29. The van der Waals surface area contributed by atoms with E-state index in [4.69, 9.17) is 13.9 Å². The van der Waals surface area contributed by atoms with Crippen LogP contribution in [0.15, 0.2) is 53.1 Å². The number of nitrogens with one attached hydrogen (secondary N) is 1. The Morgan fingerprint density at radius 2 is 2.00 bits per heavy atom. The first-order chi connectivity index (χ1) is 13.0. The fraction of sp³-hybridized carbons (Fsp3) is 0.238. The minimum absolute atomic E-state index is 0.0346. The molecule has 3 rings (SSSR count). The van der Waals surface area contributed by atoms with Crippen molar-refractivity contribution < 1.29 is 23.5 Å². The Kier molecular flexibility index (Phi) is 5.45. The van der Waals surface area contributed by atoms with Crippen LogP contribution in [0.25, 0.3) is 11.0 Å². The van der Waals surface area contributed by atoms with E-state index in [0.717, 1.165) is 22.1 Å². The predicted molar refractivity (Wildman–Crippen MR) is 102 cm³/mol. The topological polar surface area (TPSA) is 77.8 Å². The standard InChI is InChI=1S/C21H21NO5/c1-13-7-8-18-15(12-26-19(18)9-13)10-20(23)27-14(2)21(24)22-16-5-4-6-17(11-16)25-3/h4-9,11-12,14H,10H2,1-3H3,(H,22,24)/t14-/m0/s1. The molecule has 140 valence electrons. The summed E-state index contributed by atoms with van der Waals surface area (Å²) in [6.07, 6.45) is 0.656. The van der Waals surface area contributed by atoms with Crippen molar-refractivity contribution in [3.8, 4) is 5.75 Å². The minimum atomic E-state index is -0.927. The SMILES string of the molecule is COc1cccc(NC(=O)[C@H](C)OC(=O)Cc2coc3cc(C)ccc23)c1. The third-order valence-electron chi connectivity index (χ3n) is 4.16. The van der Waals surface area contributed by atoms with Gasteiger partial charge in [-0.3, -0.25) is 9.59 Å². The van der Waals surface area contributed by atoms with Crippen LogP contribution in [0.2, 0.25) is 0 Å². The van der Waals surface area contributed by atoms with Gasteiger partial charge in [0.05, 0.1) is 19.8 Å². The Labute approximate surface area is 157 Å². The molecule has 0 saturated carbocycles. The van der Waals surface area contributed by atoms with Crippen LogP contribution in [0.3, 0.4) is 0 Å². The van der Waals surface area contributed by atoms with Crippen LogP contribution in [0, 0.1) is 6.92 Å². The summed E-state index contributed by atoms with van der Waals surface area (Å²) in [5.41, 5.74) is 3.10. The van der Waals surface area contributed by atoms with Gasteiger partial charge in [-0.25, -0.2) is 0 Å². The number of fused-ring (bicyclic) bond motifs is 1. The highest BCUT2D eigenvalue weighted by Gasteiger charge is 2.19. The molecule has 0 fully saturated rings. The van der Waals surface area contributed by atoms with Crippen LogP contribution < -0.4 is 10.1 Å². The Hall–Kier alpha value is -3.28. The second kappa shape index (κ2) is 7.95. The number of aryl methyl sites for hydroxylation is 1. The van der Waals surface area contributed by atoms with Crippen molar-refractivity contribution in [2.75, 3.05) is 12.4 Å². The molecule has 0 aliphatic heterocycles. The zero-order valence-electron chi connectivity index (χ0n) is 15.4. The number of anilines is 1. The molecule has 3 aromatic rings. The van der Waals surface area contributed by atoms with Gasteiger partial charge >= 0.3 is 5.97 Å². The largest absolute Gasteiger partial charge is 0.497 e. The minimum Gasteiger partial charge on any atom is -0.497 e. The van der Waals surface area contributed by atoms with Crippen LogP contribution in [-0.4, -0.2) is 25.1 Å². The summed E-state index contributed by atoms with van der Waals surface area (Å²) in [4.78, 5) is 24.5. The van der Waals surface area contributed by atoms with E-state index in [-0.39, 0.29) is 6.42 Å². The smallest absolute Gasteiger partial charge is 0.311 e. The molecule has 0 spiro atoms. The fourth-order valence-electron chi connectivity index (χ4n) is 2.72. The molecular formula is C21H21NO5. The van der Waals surface area contributed by atoms with Crippen LogP contribution >= 0.6 is 0 Å². The molecule has 6 heteroatoms. The summed E-state index contributed by atoms with van der Waals surface area (Å²) in [5.74, 6) is -0.282. The molecule has 0 saturated heterocycles. The predicted octanol–water partition coefficient (Wildman–Crippen LogP) is 3.86. The number of esters is 1. The van der Waals surface area contributed by atoms with E-state index in [0.29, 0.717) is 11.4 Å². The molecule has 6 nitrogen and oxygen atoms in total. The summed E-state index contributed by atoms with van der Waals surface area (Å²) in [5, 5.41) is 3.57. The second-order valence-electron chi connectivity index (χ2n) is 6.29. The molecule has 1 N–H and O–H groups in total. The number of carbonyl (C=O) groups excluding carboxylic acids is 2. The Balaban J connectivity index is 1.60. The van der Waals surface area contributed by atoms with Crippen LogP contribution in [0.5, 0.6) is 5.75 Å². The average Bonchev–Trinajstić information content (AvgIpc) is 3.03. The molecule has 2 aromatic carbocycles. The Bertz CT molecular complexity index is 976. The average molecular weight is 367 g/mol. The maximum atomic E-state index is 12.3. The van der Waals surface area contributed by atoms with Crippen molar-refractivity contribution >= 4 is 28.5 Å². The maximum Gasteiger partial charge on any atom is 0.311 e. The molecule has 0 bridgehead atoms. The zero-order valence-corrected chi connectivity index (χ0v) is 15.4. The van der Waals surface area contributed by atoms with Crippen LogP contribution in [0.4, 0.5) is 5.69 Å². The Morgan fingerprint density at radius 1 is 1.19 bits per heavy atom. The van der Waals surface area contributed by atoms with Gasteiger partial charge in [0, 0.05) is 22.7 Å². The molecule has 1 atom stereocenters. The monoisotopic (exact) mass is 367 g/mol. The number of hydrogen-bond acceptors (Lipinski definition) is 5. The number of hydrogen-bond donors (Lipinski definition) is 1. The van der Waals surface area contributed by atoms with E-state index in [1.54, 1.807) is 37.6 Å². The van der Waals surface area contributed by atoms with E-state index in [1.165, 1.54) is 6.92 Å². The number of rotatable bonds is 6. The van der Waals surface area contributed by atoms with Gasteiger partial charge in [-0.1, -0.05) is 18.2 Å².